The Labute approximate surface area is 100 Å². The first kappa shape index (κ1) is 15.8. The number of hydrogen-bond donors (Lipinski definition) is 1. The number of nitrogens with one attached hydrogen (secondary N) is 1. The molecule has 0 aliphatic rings. The van der Waals surface area contributed by atoms with Gasteiger partial charge in [0.25, 0.3) is 0 Å². The highest BCUT2D eigenvalue weighted by Crippen LogP contribution is 1.98. The van der Waals surface area contributed by atoms with Crippen LogP contribution in [0.25, 0.3) is 0 Å². The lowest BCUT2D eigenvalue weighted by Crippen LogP contribution is -2.44. The van der Waals surface area contributed by atoms with Gasteiger partial charge in [0, 0.05) is 45.9 Å². The quantitative estimate of drug-likeness (QED) is 0.608. The molecule has 0 amide bonds. The molecule has 4 heteroatoms. The van der Waals surface area contributed by atoms with Crippen LogP contribution in [0.2, 0.25) is 0 Å². The van der Waals surface area contributed by atoms with Gasteiger partial charge in [0.15, 0.2) is 0 Å². The summed E-state index contributed by atoms with van der Waals surface area (Å²) in [6, 6.07) is 1.04. The average molecular weight is 232 g/mol. The van der Waals surface area contributed by atoms with E-state index in [2.05, 4.69) is 31.0 Å². The molecule has 98 valence electrons. The summed E-state index contributed by atoms with van der Waals surface area (Å²) in [5.74, 6) is 0. The Morgan fingerprint density at radius 3 is 1.88 bits per heavy atom. The van der Waals surface area contributed by atoms with Crippen LogP contribution < -0.4 is 5.32 Å². The molecular formula is C12H28N2O2. The molecule has 16 heavy (non-hydrogen) atoms. The molecule has 4 nitrogen and oxygen atoms in total. The molecule has 0 bridgehead atoms. The lowest BCUT2D eigenvalue weighted by atomic mass is 10.2. The van der Waals surface area contributed by atoms with E-state index in [1.54, 1.807) is 14.2 Å². The van der Waals surface area contributed by atoms with Gasteiger partial charge in [-0.2, -0.15) is 0 Å². The van der Waals surface area contributed by atoms with Gasteiger partial charge >= 0.3 is 0 Å². The minimum absolute atomic E-state index is 0.507. The van der Waals surface area contributed by atoms with Gasteiger partial charge in [-0.15, -0.1) is 0 Å². The zero-order valence-electron chi connectivity index (χ0n) is 11.5. The molecule has 0 saturated heterocycles. The molecule has 0 aromatic rings. The van der Waals surface area contributed by atoms with Crippen LogP contribution in [-0.4, -0.2) is 64.1 Å². The van der Waals surface area contributed by atoms with Crippen molar-refractivity contribution >= 4 is 0 Å². The fraction of sp³-hybridized carbons (Fsp3) is 1.00. The highest BCUT2D eigenvalue weighted by molar-refractivity contribution is 4.70. The van der Waals surface area contributed by atoms with Gasteiger partial charge in [-0.25, -0.2) is 0 Å². The third-order valence-corrected chi connectivity index (χ3v) is 2.61. The highest BCUT2D eigenvalue weighted by atomic mass is 16.5. The first-order valence-corrected chi connectivity index (χ1v) is 6.07. The Balaban J connectivity index is 3.92. The van der Waals surface area contributed by atoms with E-state index in [1.165, 1.54) is 0 Å². The predicted octanol–water partition coefficient (Wildman–Crippen LogP) is 0.968. The second-order valence-corrected chi connectivity index (χ2v) is 4.43. The van der Waals surface area contributed by atoms with Crippen molar-refractivity contribution in [1.29, 1.82) is 0 Å². The topological polar surface area (TPSA) is 33.7 Å². The molecule has 1 unspecified atom stereocenters. The van der Waals surface area contributed by atoms with Crippen molar-refractivity contribution in [2.75, 3.05) is 47.1 Å². The second-order valence-electron chi connectivity index (χ2n) is 4.43. The first-order valence-electron chi connectivity index (χ1n) is 6.07. The smallest absolute Gasteiger partial charge is 0.0589 e. The van der Waals surface area contributed by atoms with E-state index in [0.29, 0.717) is 12.1 Å². The summed E-state index contributed by atoms with van der Waals surface area (Å²) in [5, 5.41) is 3.46. The maximum atomic E-state index is 5.13. The molecule has 0 spiro atoms. The van der Waals surface area contributed by atoms with Crippen molar-refractivity contribution in [2.24, 2.45) is 0 Å². The van der Waals surface area contributed by atoms with E-state index >= 15 is 0 Å². The fourth-order valence-electron chi connectivity index (χ4n) is 1.51. The summed E-state index contributed by atoms with van der Waals surface area (Å²) in [6.45, 7) is 11.0. The zero-order valence-corrected chi connectivity index (χ0v) is 11.5. The van der Waals surface area contributed by atoms with Crippen LogP contribution in [0.1, 0.15) is 20.8 Å². The summed E-state index contributed by atoms with van der Waals surface area (Å²) in [6.07, 6.45) is 0. The van der Waals surface area contributed by atoms with Crippen LogP contribution >= 0.6 is 0 Å². The summed E-state index contributed by atoms with van der Waals surface area (Å²) in [7, 11) is 3.48. The third-order valence-electron chi connectivity index (χ3n) is 2.61. The van der Waals surface area contributed by atoms with Gasteiger partial charge in [-0.1, -0.05) is 13.8 Å². The standard InChI is InChI=1S/C12H28N2O2/c1-11(2)13-10-12(3)14(6-8-15-4)7-9-16-5/h11-13H,6-10H2,1-5H3. The van der Waals surface area contributed by atoms with Crippen molar-refractivity contribution in [1.82, 2.24) is 10.2 Å². The number of methoxy groups -OCH3 is 2. The molecule has 1 atom stereocenters. The van der Waals surface area contributed by atoms with Gasteiger partial charge in [0.2, 0.25) is 0 Å². The van der Waals surface area contributed by atoms with Crippen LogP contribution in [-0.2, 0) is 9.47 Å². The van der Waals surface area contributed by atoms with Crippen LogP contribution in [0, 0.1) is 0 Å². The van der Waals surface area contributed by atoms with Crippen molar-refractivity contribution in [3.63, 3.8) is 0 Å². The maximum Gasteiger partial charge on any atom is 0.0589 e. The van der Waals surface area contributed by atoms with E-state index in [9.17, 15) is 0 Å². The molecule has 0 aromatic heterocycles. The summed E-state index contributed by atoms with van der Waals surface area (Å²) in [4.78, 5) is 2.39. The molecule has 0 aliphatic carbocycles. The molecule has 0 aliphatic heterocycles. The maximum absolute atomic E-state index is 5.13. The average Bonchev–Trinajstić information content (AvgIpc) is 2.26. The predicted molar refractivity (Wildman–Crippen MR) is 67.9 cm³/mol. The highest BCUT2D eigenvalue weighted by Gasteiger charge is 2.13. The molecule has 0 aromatic carbocycles. The Morgan fingerprint density at radius 1 is 1.00 bits per heavy atom. The SMILES string of the molecule is COCCN(CCOC)C(C)CNC(C)C. The first-order chi connectivity index (χ1) is 7.61. The van der Waals surface area contributed by atoms with Gasteiger partial charge in [0.05, 0.1) is 13.2 Å². The lowest BCUT2D eigenvalue weighted by Gasteiger charge is -2.29. The lowest BCUT2D eigenvalue weighted by molar-refractivity contribution is 0.0911. The van der Waals surface area contributed by atoms with Gasteiger partial charge in [0.1, 0.15) is 0 Å². The summed E-state index contributed by atoms with van der Waals surface area (Å²) >= 11 is 0. The van der Waals surface area contributed by atoms with E-state index in [-0.39, 0.29) is 0 Å². The fourth-order valence-corrected chi connectivity index (χ4v) is 1.51. The van der Waals surface area contributed by atoms with Crippen molar-refractivity contribution in [2.45, 2.75) is 32.9 Å². The molecule has 0 radical (unpaired) electrons. The van der Waals surface area contributed by atoms with Gasteiger partial charge in [-0.3, -0.25) is 4.90 Å². The Morgan fingerprint density at radius 2 is 1.50 bits per heavy atom. The van der Waals surface area contributed by atoms with Crippen LogP contribution in [0.15, 0.2) is 0 Å². The zero-order chi connectivity index (χ0) is 12.4. The Hall–Kier alpha value is -0.160. The number of ether oxygens (including phenoxy) is 2. The summed E-state index contributed by atoms with van der Waals surface area (Å²) in [5.41, 5.74) is 0. The molecule has 1 N–H and O–H groups in total. The molecular weight excluding hydrogens is 204 g/mol. The summed E-state index contributed by atoms with van der Waals surface area (Å²) < 4.78 is 10.3. The molecule has 0 saturated carbocycles. The monoisotopic (exact) mass is 232 g/mol. The van der Waals surface area contributed by atoms with Crippen LogP contribution in [0.5, 0.6) is 0 Å². The van der Waals surface area contributed by atoms with E-state index in [4.69, 9.17) is 9.47 Å². The van der Waals surface area contributed by atoms with Crippen molar-refractivity contribution < 1.29 is 9.47 Å². The largest absolute Gasteiger partial charge is 0.383 e. The molecule has 0 fully saturated rings. The van der Waals surface area contributed by atoms with E-state index < -0.39 is 0 Å². The minimum atomic E-state index is 0.507. The van der Waals surface area contributed by atoms with Crippen LogP contribution in [0.4, 0.5) is 0 Å². The van der Waals surface area contributed by atoms with Crippen molar-refractivity contribution in [3.8, 4) is 0 Å². The van der Waals surface area contributed by atoms with Gasteiger partial charge < -0.3 is 14.8 Å². The Kier molecular flexibility index (Phi) is 9.92. The van der Waals surface area contributed by atoms with Crippen LogP contribution in [0.3, 0.4) is 0 Å². The number of hydrogen-bond acceptors (Lipinski definition) is 4. The molecule has 0 heterocycles. The second kappa shape index (κ2) is 10.0. The number of rotatable bonds is 10. The molecule has 0 rings (SSSR count). The number of nitrogens with zero attached hydrogens (tertiary/aromatic N) is 1. The van der Waals surface area contributed by atoms with Crippen molar-refractivity contribution in [3.05, 3.63) is 0 Å². The van der Waals surface area contributed by atoms with E-state index in [1.807, 2.05) is 0 Å². The van der Waals surface area contributed by atoms with E-state index in [0.717, 1.165) is 32.8 Å². The van der Waals surface area contributed by atoms with Gasteiger partial charge in [-0.05, 0) is 6.92 Å². The third kappa shape index (κ3) is 8.05. The Bertz CT molecular complexity index is 146. The normalized spacial score (nSPS) is 13.7. The minimum Gasteiger partial charge on any atom is -0.383 e.